The van der Waals surface area contributed by atoms with Crippen LogP contribution in [0.1, 0.15) is 39.5 Å². The first kappa shape index (κ1) is 16.8. The zero-order valence-corrected chi connectivity index (χ0v) is 15.2. The molecule has 140 valence electrons. The Hall–Kier alpha value is -1.30. The number of aliphatic hydroxyl groups excluding tert-OH is 2. The molecule has 4 aliphatic carbocycles. The minimum Gasteiger partial charge on any atom is -0.393 e. The summed E-state index contributed by atoms with van der Waals surface area (Å²) in [7, 11) is 0. The summed E-state index contributed by atoms with van der Waals surface area (Å²) in [5, 5.41) is 21.0. The largest absolute Gasteiger partial charge is 0.393 e. The van der Waals surface area contributed by atoms with Gasteiger partial charge in [0.15, 0.2) is 11.6 Å². The van der Waals surface area contributed by atoms with Crippen molar-refractivity contribution in [1.29, 1.82) is 0 Å². The van der Waals surface area contributed by atoms with Gasteiger partial charge in [0.25, 0.3) is 0 Å². The van der Waals surface area contributed by atoms with Crippen molar-refractivity contribution in [3.8, 4) is 0 Å². The fraction of sp³-hybridized carbons (Fsp3) is 0.714. The fourth-order valence-electron chi connectivity index (χ4n) is 7.35. The smallest absolute Gasteiger partial charge is 0.216 e. The molecule has 1 saturated heterocycles. The standard InChI is InChI=1S/C21H26O5/c1-20-6-5-11(22)7-10(20)3-4-12-13-8-15-17(18(24)19(25)26-15)21(13,2)9-14(23)16(12)20/h5-7,12-17,19,23,25H,3-4,8-9H2,1-2H3/t12?,13?,14-,15?,16?,17?,19?,20-,21-/m0/s1. The molecule has 1 heterocycles. The van der Waals surface area contributed by atoms with Gasteiger partial charge in [-0.25, -0.2) is 0 Å². The van der Waals surface area contributed by atoms with E-state index >= 15 is 0 Å². The molecule has 6 unspecified atom stereocenters. The summed E-state index contributed by atoms with van der Waals surface area (Å²) in [5.74, 6) is 0.163. The van der Waals surface area contributed by atoms with Gasteiger partial charge < -0.3 is 14.9 Å². The number of carbonyl (C=O) groups excluding carboxylic acids is 2. The van der Waals surface area contributed by atoms with E-state index < -0.39 is 12.4 Å². The number of rotatable bonds is 0. The lowest BCUT2D eigenvalue weighted by Gasteiger charge is -2.58. The molecule has 2 N–H and O–H groups in total. The summed E-state index contributed by atoms with van der Waals surface area (Å²) >= 11 is 0. The van der Waals surface area contributed by atoms with Crippen LogP contribution < -0.4 is 0 Å². The second kappa shape index (κ2) is 5.15. The Morgan fingerprint density at radius 3 is 2.77 bits per heavy atom. The Bertz CT molecular complexity index is 754. The molecule has 9 atom stereocenters. The lowest BCUT2D eigenvalue weighted by atomic mass is 9.46. The molecule has 26 heavy (non-hydrogen) atoms. The van der Waals surface area contributed by atoms with E-state index in [9.17, 15) is 19.8 Å². The molecule has 5 nitrogen and oxygen atoms in total. The van der Waals surface area contributed by atoms with E-state index in [1.54, 1.807) is 12.2 Å². The first-order valence-electron chi connectivity index (χ1n) is 9.75. The maximum Gasteiger partial charge on any atom is 0.216 e. The lowest BCUT2D eigenvalue weighted by Crippen LogP contribution is -2.56. The second-order valence-corrected chi connectivity index (χ2v) is 9.44. The van der Waals surface area contributed by atoms with Crippen LogP contribution in [0.15, 0.2) is 23.8 Å². The lowest BCUT2D eigenvalue weighted by molar-refractivity contribution is -0.153. The minimum atomic E-state index is -1.30. The molecule has 5 aliphatic rings. The quantitative estimate of drug-likeness (QED) is 0.690. The molecular weight excluding hydrogens is 332 g/mol. The SMILES string of the molecule is C[C@]12C[C@H](O)C3C(CCC4=CC(=O)C=C[C@@]43C)C1CC1OC(O)C(=O)C12. The molecule has 3 saturated carbocycles. The molecule has 0 aromatic heterocycles. The van der Waals surface area contributed by atoms with Gasteiger partial charge in [-0.1, -0.05) is 25.5 Å². The number of hydrogen-bond donors (Lipinski definition) is 2. The van der Waals surface area contributed by atoms with Gasteiger partial charge in [0, 0.05) is 11.3 Å². The summed E-state index contributed by atoms with van der Waals surface area (Å²) in [6.45, 7) is 4.25. The Labute approximate surface area is 153 Å². The van der Waals surface area contributed by atoms with Crippen LogP contribution in [0, 0.1) is 34.5 Å². The molecule has 0 aromatic rings. The van der Waals surface area contributed by atoms with E-state index in [1.165, 1.54) is 0 Å². The monoisotopic (exact) mass is 358 g/mol. The summed E-state index contributed by atoms with van der Waals surface area (Å²) < 4.78 is 5.57. The van der Waals surface area contributed by atoms with Gasteiger partial charge in [0.05, 0.1) is 18.1 Å². The third kappa shape index (κ3) is 1.92. The van der Waals surface area contributed by atoms with Crippen molar-refractivity contribution in [2.75, 3.05) is 0 Å². The second-order valence-electron chi connectivity index (χ2n) is 9.44. The van der Waals surface area contributed by atoms with Gasteiger partial charge >= 0.3 is 0 Å². The van der Waals surface area contributed by atoms with Crippen LogP contribution >= 0.6 is 0 Å². The van der Waals surface area contributed by atoms with Crippen LogP contribution in [-0.2, 0) is 14.3 Å². The summed E-state index contributed by atoms with van der Waals surface area (Å²) in [6.07, 6.45) is 6.44. The number of allylic oxidation sites excluding steroid dienone is 4. The van der Waals surface area contributed by atoms with E-state index in [1.807, 2.05) is 6.08 Å². The molecule has 0 aromatic carbocycles. The first-order valence-corrected chi connectivity index (χ1v) is 9.75. The third-order valence-electron chi connectivity index (χ3n) is 8.35. The number of ether oxygens (including phenoxy) is 1. The number of Topliss-reactive ketones (excluding diaryl/α,β-unsaturated/α-hetero) is 1. The summed E-state index contributed by atoms with van der Waals surface area (Å²) in [6, 6.07) is 0. The van der Waals surface area contributed by atoms with E-state index in [0.29, 0.717) is 18.3 Å². The van der Waals surface area contributed by atoms with Crippen LogP contribution in [0.25, 0.3) is 0 Å². The average molecular weight is 358 g/mol. The fourth-order valence-corrected chi connectivity index (χ4v) is 7.35. The topological polar surface area (TPSA) is 83.8 Å². The van der Waals surface area contributed by atoms with Crippen molar-refractivity contribution in [3.63, 3.8) is 0 Å². The van der Waals surface area contributed by atoms with Gasteiger partial charge in [0.1, 0.15) is 0 Å². The van der Waals surface area contributed by atoms with Crippen LogP contribution in [-0.4, -0.2) is 40.3 Å². The van der Waals surface area contributed by atoms with Crippen molar-refractivity contribution in [1.82, 2.24) is 0 Å². The predicted molar refractivity (Wildman–Crippen MR) is 92.8 cm³/mol. The minimum absolute atomic E-state index is 0.0365. The number of fused-ring (bicyclic) bond motifs is 7. The molecule has 5 rings (SSSR count). The maximum atomic E-state index is 12.5. The highest BCUT2D eigenvalue weighted by atomic mass is 16.6. The highest BCUT2D eigenvalue weighted by Crippen LogP contribution is 2.67. The molecule has 5 heteroatoms. The van der Waals surface area contributed by atoms with Crippen molar-refractivity contribution in [2.45, 2.75) is 58.0 Å². The Kier molecular flexibility index (Phi) is 3.34. The van der Waals surface area contributed by atoms with Gasteiger partial charge in [-0.15, -0.1) is 0 Å². The Morgan fingerprint density at radius 1 is 1.23 bits per heavy atom. The molecule has 0 amide bonds. The summed E-state index contributed by atoms with van der Waals surface area (Å²) in [4.78, 5) is 24.4. The maximum absolute atomic E-state index is 12.5. The van der Waals surface area contributed by atoms with Crippen molar-refractivity contribution in [2.24, 2.45) is 34.5 Å². The van der Waals surface area contributed by atoms with Gasteiger partial charge in [-0.3, -0.25) is 9.59 Å². The molecule has 0 radical (unpaired) electrons. The number of carbonyl (C=O) groups is 2. The van der Waals surface area contributed by atoms with Crippen LogP contribution in [0.5, 0.6) is 0 Å². The van der Waals surface area contributed by atoms with Crippen LogP contribution in [0.2, 0.25) is 0 Å². The van der Waals surface area contributed by atoms with E-state index in [0.717, 1.165) is 24.8 Å². The van der Waals surface area contributed by atoms with E-state index in [-0.39, 0.29) is 40.3 Å². The van der Waals surface area contributed by atoms with Crippen LogP contribution in [0.4, 0.5) is 0 Å². The number of aliphatic hydroxyl groups is 2. The Morgan fingerprint density at radius 2 is 2.00 bits per heavy atom. The average Bonchev–Trinajstić information content (AvgIpc) is 3.01. The van der Waals surface area contributed by atoms with E-state index in [4.69, 9.17) is 4.74 Å². The number of hydrogen-bond acceptors (Lipinski definition) is 5. The van der Waals surface area contributed by atoms with Gasteiger partial charge in [-0.05, 0) is 55.1 Å². The van der Waals surface area contributed by atoms with Gasteiger partial charge in [0.2, 0.25) is 6.29 Å². The Balaban J connectivity index is 1.55. The normalized spacial score (nSPS) is 55.1. The third-order valence-corrected chi connectivity index (χ3v) is 8.35. The highest BCUT2D eigenvalue weighted by Gasteiger charge is 2.67. The summed E-state index contributed by atoms with van der Waals surface area (Å²) in [5.41, 5.74) is 0.514. The van der Waals surface area contributed by atoms with Crippen LogP contribution in [0.3, 0.4) is 0 Å². The van der Waals surface area contributed by atoms with E-state index in [2.05, 4.69) is 13.8 Å². The molecular formula is C21H26O5. The van der Waals surface area contributed by atoms with Crippen molar-refractivity contribution < 1.29 is 24.5 Å². The number of ketones is 2. The predicted octanol–water partition coefficient (Wildman–Crippen LogP) is 1.78. The zero-order valence-electron chi connectivity index (χ0n) is 15.2. The zero-order chi connectivity index (χ0) is 18.4. The van der Waals surface area contributed by atoms with Crippen molar-refractivity contribution in [3.05, 3.63) is 23.8 Å². The first-order chi connectivity index (χ1) is 12.3. The molecule has 0 bridgehead atoms. The van der Waals surface area contributed by atoms with Gasteiger partial charge in [-0.2, -0.15) is 0 Å². The molecule has 1 aliphatic heterocycles. The molecule has 4 fully saturated rings. The highest BCUT2D eigenvalue weighted by molar-refractivity contribution is 6.01. The molecule has 0 spiro atoms. The van der Waals surface area contributed by atoms with Crippen molar-refractivity contribution >= 4 is 11.6 Å².